The van der Waals surface area contributed by atoms with Gasteiger partial charge in [-0.05, 0) is 32.6 Å². The van der Waals surface area contributed by atoms with Crippen LogP contribution in [-0.2, 0) is 9.59 Å². The Balaban J connectivity index is 1.91. The lowest BCUT2D eigenvalue weighted by atomic mass is 10.2. The quantitative estimate of drug-likeness (QED) is 0.858. The number of likely N-dealkylation sites (tertiary alicyclic amines) is 1. The molecule has 2 rings (SSSR count). The number of nitrogens with zero attached hydrogens (tertiary/aromatic N) is 2. The molecular weight excluding hydrogens is 280 g/mol. The van der Waals surface area contributed by atoms with Gasteiger partial charge in [0.15, 0.2) is 0 Å². The van der Waals surface area contributed by atoms with Crippen molar-refractivity contribution < 1.29 is 9.59 Å². The average molecular weight is 304 g/mol. The minimum absolute atomic E-state index is 0.0581. The largest absolute Gasteiger partial charge is 0.325 e. The normalized spacial score (nSPS) is 18.5. The Morgan fingerprint density at radius 3 is 2.41 bits per heavy atom. The van der Waals surface area contributed by atoms with Gasteiger partial charge in [0.05, 0.1) is 17.9 Å². The zero-order chi connectivity index (χ0) is 16.1. The third kappa shape index (κ3) is 4.54. The lowest BCUT2D eigenvalue weighted by molar-refractivity contribution is -0.117. The van der Waals surface area contributed by atoms with Crippen molar-refractivity contribution in [1.29, 1.82) is 0 Å². The van der Waals surface area contributed by atoms with Crippen LogP contribution in [0.2, 0.25) is 0 Å². The number of carbonyl (C=O) groups excluding carboxylic acids is 2. The van der Waals surface area contributed by atoms with Crippen LogP contribution in [0.15, 0.2) is 24.3 Å². The number of carbonyl (C=O) groups is 2. The van der Waals surface area contributed by atoms with Gasteiger partial charge in [-0.15, -0.1) is 0 Å². The summed E-state index contributed by atoms with van der Waals surface area (Å²) >= 11 is 0. The molecule has 1 fully saturated rings. The maximum absolute atomic E-state index is 12.2. The van der Waals surface area contributed by atoms with Crippen LogP contribution in [0.5, 0.6) is 0 Å². The third-order valence-electron chi connectivity index (χ3n) is 3.86. The molecule has 2 amide bonds. The molecule has 1 aromatic rings. The molecule has 0 aromatic heterocycles. The van der Waals surface area contributed by atoms with Gasteiger partial charge in [-0.1, -0.05) is 12.1 Å². The maximum atomic E-state index is 12.2. The Kier molecular flexibility index (Phi) is 5.51. The summed E-state index contributed by atoms with van der Waals surface area (Å²) in [6.07, 6.45) is 1.09. The first-order chi connectivity index (χ1) is 10.5. The molecule has 120 valence electrons. The van der Waals surface area contributed by atoms with Gasteiger partial charge in [0, 0.05) is 26.1 Å². The fourth-order valence-electron chi connectivity index (χ4n) is 2.66. The van der Waals surface area contributed by atoms with Gasteiger partial charge in [-0.3, -0.25) is 14.5 Å². The molecule has 1 aromatic carbocycles. The first-order valence-corrected chi connectivity index (χ1v) is 7.51. The maximum Gasteiger partial charge on any atom is 0.238 e. The molecule has 1 aliphatic heterocycles. The number of rotatable bonds is 5. The van der Waals surface area contributed by atoms with E-state index in [4.69, 9.17) is 0 Å². The van der Waals surface area contributed by atoms with E-state index in [-0.39, 0.29) is 11.8 Å². The van der Waals surface area contributed by atoms with Gasteiger partial charge in [0.1, 0.15) is 0 Å². The van der Waals surface area contributed by atoms with Crippen molar-refractivity contribution in [2.45, 2.75) is 19.4 Å². The van der Waals surface area contributed by atoms with E-state index in [1.54, 1.807) is 12.1 Å². The van der Waals surface area contributed by atoms with E-state index < -0.39 is 0 Å². The third-order valence-corrected chi connectivity index (χ3v) is 3.86. The summed E-state index contributed by atoms with van der Waals surface area (Å²) in [7, 11) is 4.13. The molecule has 0 saturated carbocycles. The van der Waals surface area contributed by atoms with Crippen molar-refractivity contribution in [3.63, 3.8) is 0 Å². The second-order valence-electron chi connectivity index (χ2n) is 5.92. The number of likely N-dealkylation sites (N-methyl/N-ethyl adjacent to an activating group) is 1. The van der Waals surface area contributed by atoms with Gasteiger partial charge in [0.25, 0.3) is 0 Å². The Morgan fingerprint density at radius 2 is 1.86 bits per heavy atom. The van der Waals surface area contributed by atoms with Crippen molar-refractivity contribution in [3.8, 4) is 0 Å². The highest BCUT2D eigenvalue weighted by Gasteiger charge is 2.25. The molecule has 2 N–H and O–H groups in total. The number of hydrogen-bond donors (Lipinski definition) is 2. The summed E-state index contributed by atoms with van der Waals surface area (Å²) in [5.41, 5.74) is 1.25. The first kappa shape index (κ1) is 16.5. The summed E-state index contributed by atoms with van der Waals surface area (Å²) in [5, 5.41) is 5.60. The number of benzene rings is 1. The molecule has 6 heteroatoms. The molecule has 0 radical (unpaired) electrons. The number of nitrogens with one attached hydrogen (secondary N) is 2. The van der Waals surface area contributed by atoms with Gasteiger partial charge in [-0.25, -0.2) is 0 Å². The Morgan fingerprint density at radius 1 is 1.23 bits per heavy atom. The van der Waals surface area contributed by atoms with E-state index in [0.717, 1.165) is 19.5 Å². The smallest absolute Gasteiger partial charge is 0.238 e. The number of amides is 2. The first-order valence-electron chi connectivity index (χ1n) is 7.51. The van der Waals surface area contributed by atoms with E-state index in [1.807, 2.05) is 12.1 Å². The zero-order valence-electron chi connectivity index (χ0n) is 13.4. The number of hydrogen-bond acceptors (Lipinski definition) is 4. The molecule has 1 saturated heterocycles. The van der Waals surface area contributed by atoms with Crippen LogP contribution in [0.25, 0.3) is 0 Å². The molecule has 1 unspecified atom stereocenters. The minimum Gasteiger partial charge on any atom is -0.325 e. The van der Waals surface area contributed by atoms with Crippen LogP contribution in [0, 0.1) is 0 Å². The molecule has 0 bridgehead atoms. The Labute approximate surface area is 131 Å². The van der Waals surface area contributed by atoms with Crippen molar-refractivity contribution in [1.82, 2.24) is 9.80 Å². The summed E-state index contributed by atoms with van der Waals surface area (Å²) in [5.74, 6) is -0.215. The van der Waals surface area contributed by atoms with E-state index in [1.165, 1.54) is 6.92 Å². The van der Waals surface area contributed by atoms with Crippen molar-refractivity contribution >= 4 is 23.2 Å². The van der Waals surface area contributed by atoms with Crippen molar-refractivity contribution in [2.75, 3.05) is 44.4 Å². The Bertz CT molecular complexity index is 545. The zero-order valence-corrected chi connectivity index (χ0v) is 13.4. The fraction of sp³-hybridized carbons (Fsp3) is 0.500. The van der Waals surface area contributed by atoms with Crippen LogP contribution in [-0.4, -0.2) is 61.4 Å². The van der Waals surface area contributed by atoms with E-state index >= 15 is 0 Å². The number of anilines is 2. The highest BCUT2D eigenvalue weighted by molar-refractivity contribution is 5.99. The van der Waals surface area contributed by atoms with Gasteiger partial charge < -0.3 is 15.5 Å². The summed E-state index contributed by atoms with van der Waals surface area (Å²) in [4.78, 5) is 27.7. The number of para-hydroxylation sites is 2. The summed E-state index contributed by atoms with van der Waals surface area (Å²) < 4.78 is 0. The molecule has 0 spiro atoms. The molecule has 1 aliphatic rings. The highest BCUT2D eigenvalue weighted by atomic mass is 16.2. The van der Waals surface area contributed by atoms with E-state index in [9.17, 15) is 9.59 Å². The van der Waals surface area contributed by atoms with Crippen LogP contribution in [0.1, 0.15) is 13.3 Å². The second-order valence-corrected chi connectivity index (χ2v) is 5.92. The topological polar surface area (TPSA) is 64.7 Å². The molecular formula is C16H24N4O2. The predicted molar refractivity (Wildman–Crippen MR) is 87.9 cm³/mol. The molecule has 1 heterocycles. The SMILES string of the molecule is CC(=O)Nc1ccccc1NC(=O)CN1CCC(N(C)C)C1. The molecule has 22 heavy (non-hydrogen) atoms. The van der Waals surface area contributed by atoms with Gasteiger partial charge in [0.2, 0.25) is 11.8 Å². The summed E-state index contributed by atoms with van der Waals surface area (Å²) in [6, 6.07) is 7.73. The van der Waals surface area contributed by atoms with Gasteiger partial charge in [-0.2, -0.15) is 0 Å². The summed E-state index contributed by atoms with van der Waals surface area (Å²) in [6.45, 7) is 3.67. The van der Waals surface area contributed by atoms with E-state index in [0.29, 0.717) is 24.0 Å². The molecule has 0 aliphatic carbocycles. The average Bonchev–Trinajstić information content (AvgIpc) is 2.89. The van der Waals surface area contributed by atoms with E-state index in [2.05, 4.69) is 34.5 Å². The standard InChI is InChI=1S/C16H24N4O2/c1-12(21)17-14-6-4-5-7-15(14)18-16(22)11-20-9-8-13(10-20)19(2)3/h4-7,13H,8-11H2,1-3H3,(H,17,21)(H,18,22). The van der Waals surface area contributed by atoms with Crippen LogP contribution >= 0.6 is 0 Å². The highest BCUT2D eigenvalue weighted by Crippen LogP contribution is 2.21. The van der Waals surface area contributed by atoms with Crippen LogP contribution in [0.4, 0.5) is 11.4 Å². The fourth-order valence-corrected chi connectivity index (χ4v) is 2.66. The van der Waals surface area contributed by atoms with Crippen LogP contribution < -0.4 is 10.6 Å². The molecule has 6 nitrogen and oxygen atoms in total. The minimum atomic E-state index is -0.157. The lowest BCUT2D eigenvalue weighted by Gasteiger charge is -2.20. The van der Waals surface area contributed by atoms with Crippen LogP contribution in [0.3, 0.4) is 0 Å². The Hall–Kier alpha value is -1.92. The van der Waals surface area contributed by atoms with Gasteiger partial charge >= 0.3 is 0 Å². The predicted octanol–water partition coefficient (Wildman–Crippen LogP) is 1.22. The second kappa shape index (κ2) is 7.38. The monoisotopic (exact) mass is 304 g/mol. The molecule has 1 atom stereocenters. The van der Waals surface area contributed by atoms with Crippen molar-refractivity contribution in [3.05, 3.63) is 24.3 Å². The lowest BCUT2D eigenvalue weighted by Crippen LogP contribution is -2.35. The van der Waals surface area contributed by atoms with Crippen molar-refractivity contribution in [2.24, 2.45) is 0 Å².